The molecule has 1 N–H and O–H groups in total. The summed E-state index contributed by atoms with van der Waals surface area (Å²) in [5.74, 6) is 1.15. The van der Waals surface area contributed by atoms with Crippen molar-refractivity contribution >= 4 is 21.8 Å². The summed E-state index contributed by atoms with van der Waals surface area (Å²) in [4.78, 5) is 12.4. The number of hydrogen-bond donors (Lipinski definition) is 1. The highest BCUT2D eigenvalue weighted by Crippen LogP contribution is 2.30. The van der Waals surface area contributed by atoms with Crippen LogP contribution in [0.4, 0.5) is 0 Å². The number of hydrogen-bond acceptors (Lipinski definition) is 1. The first-order valence-electron chi connectivity index (χ1n) is 6.09. The van der Waals surface area contributed by atoms with E-state index in [1.54, 1.807) is 0 Å². The number of nitrogens with one attached hydrogen (secondary N) is 1. The monoisotopic (exact) mass is 275 g/mol. The number of amides is 1. The normalized spacial score (nSPS) is 25.9. The zero-order valence-electron chi connectivity index (χ0n) is 9.76. The number of halogens is 1. The van der Waals surface area contributed by atoms with Crippen LogP contribution >= 0.6 is 15.9 Å². The zero-order valence-corrected chi connectivity index (χ0v) is 11.3. The van der Waals surface area contributed by atoms with Crippen molar-refractivity contribution in [2.75, 3.05) is 6.54 Å². The Morgan fingerprint density at radius 3 is 2.53 bits per heavy atom. The fourth-order valence-electron chi connectivity index (χ4n) is 2.25. The maximum Gasteiger partial charge on any atom is 0.223 e. The largest absolute Gasteiger partial charge is 0.356 e. The molecule has 0 aromatic heterocycles. The van der Waals surface area contributed by atoms with Crippen LogP contribution in [0.5, 0.6) is 0 Å². The predicted molar refractivity (Wildman–Crippen MR) is 67.1 cm³/mol. The molecule has 0 spiro atoms. The van der Waals surface area contributed by atoms with Crippen LogP contribution in [0.25, 0.3) is 0 Å². The summed E-state index contributed by atoms with van der Waals surface area (Å²) in [5, 5.41) is 3.09. The fraction of sp³-hybridized carbons (Fsp3) is 0.917. The van der Waals surface area contributed by atoms with E-state index in [1.807, 2.05) is 0 Å². The summed E-state index contributed by atoms with van der Waals surface area (Å²) in [7, 11) is 0. The van der Waals surface area contributed by atoms with Crippen molar-refractivity contribution in [2.45, 2.75) is 50.8 Å². The smallest absolute Gasteiger partial charge is 0.223 e. The third-order valence-corrected chi connectivity index (χ3v) is 4.23. The van der Waals surface area contributed by atoms with Gasteiger partial charge in [0.25, 0.3) is 0 Å². The van der Waals surface area contributed by atoms with E-state index in [4.69, 9.17) is 0 Å². The first kappa shape index (κ1) is 13.0. The lowest BCUT2D eigenvalue weighted by molar-refractivity contribution is -0.125. The number of rotatable bonds is 5. The van der Waals surface area contributed by atoms with E-state index in [9.17, 15) is 4.79 Å². The van der Waals surface area contributed by atoms with Gasteiger partial charge in [-0.1, -0.05) is 29.8 Å². The van der Waals surface area contributed by atoms with Gasteiger partial charge in [-0.3, -0.25) is 4.79 Å². The van der Waals surface area contributed by atoms with Crippen LogP contribution in [-0.4, -0.2) is 17.3 Å². The molecule has 3 heteroatoms. The van der Waals surface area contributed by atoms with Crippen LogP contribution in [0.1, 0.15) is 46.0 Å². The standard InChI is InChI=1S/C12H22BrNO/c1-3-10(4-2)12(15)14-8-9-5-6-11(13)7-9/h9-11H,3-8H2,1-2H3,(H,14,15). The maximum absolute atomic E-state index is 11.7. The number of alkyl halides is 1. The quantitative estimate of drug-likeness (QED) is 0.768. The lowest BCUT2D eigenvalue weighted by atomic mass is 10.0. The summed E-state index contributed by atoms with van der Waals surface area (Å²) >= 11 is 3.63. The molecular weight excluding hydrogens is 254 g/mol. The number of carbonyl (C=O) groups excluding carboxylic acids is 1. The van der Waals surface area contributed by atoms with E-state index in [-0.39, 0.29) is 11.8 Å². The van der Waals surface area contributed by atoms with Gasteiger partial charge >= 0.3 is 0 Å². The van der Waals surface area contributed by atoms with E-state index in [1.165, 1.54) is 19.3 Å². The molecule has 0 aromatic carbocycles. The first-order valence-corrected chi connectivity index (χ1v) is 7.00. The zero-order chi connectivity index (χ0) is 11.3. The molecule has 88 valence electrons. The highest BCUT2D eigenvalue weighted by molar-refractivity contribution is 9.09. The molecule has 1 fully saturated rings. The minimum absolute atomic E-state index is 0.214. The molecule has 2 unspecified atom stereocenters. The third kappa shape index (κ3) is 4.13. The van der Waals surface area contributed by atoms with Gasteiger partial charge in [-0.15, -0.1) is 0 Å². The van der Waals surface area contributed by atoms with E-state index in [2.05, 4.69) is 35.1 Å². The molecule has 2 atom stereocenters. The van der Waals surface area contributed by atoms with E-state index in [0.717, 1.165) is 19.4 Å². The van der Waals surface area contributed by atoms with Gasteiger partial charge in [-0.25, -0.2) is 0 Å². The summed E-state index contributed by atoms with van der Waals surface area (Å²) < 4.78 is 0. The van der Waals surface area contributed by atoms with Crippen LogP contribution in [0, 0.1) is 11.8 Å². The lowest BCUT2D eigenvalue weighted by Crippen LogP contribution is -2.33. The van der Waals surface area contributed by atoms with Crippen LogP contribution in [0.2, 0.25) is 0 Å². The van der Waals surface area contributed by atoms with Crippen molar-refractivity contribution in [1.82, 2.24) is 5.32 Å². The van der Waals surface area contributed by atoms with Crippen LogP contribution in [0.15, 0.2) is 0 Å². The summed E-state index contributed by atoms with van der Waals surface area (Å²) in [6, 6.07) is 0. The molecule has 2 nitrogen and oxygen atoms in total. The van der Waals surface area contributed by atoms with Crippen LogP contribution in [0.3, 0.4) is 0 Å². The van der Waals surface area contributed by atoms with Gasteiger partial charge in [0.2, 0.25) is 5.91 Å². The predicted octanol–water partition coefficient (Wildman–Crippen LogP) is 3.10. The Hall–Kier alpha value is -0.0500. The van der Waals surface area contributed by atoms with Gasteiger partial charge in [0.1, 0.15) is 0 Å². The fourth-order valence-corrected chi connectivity index (χ4v) is 3.04. The van der Waals surface area contributed by atoms with Gasteiger partial charge in [0.05, 0.1) is 0 Å². The van der Waals surface area contributed by atoms with Gasteiger partial charge in [-0.2, -0.15) is 0 Å². The molecule has 0 saturated heterocycles. The van der Waals surface area contributed by atoms with E-state index in [0.29, 0.717) is 10.7 Å². The number of carbonyl (C=O) groups is 1. The Morgan fingerprint density at radius 2 is 2.07 bits per heavy atom. The molecule has 1 aliphatic rings. The topological polar surface area (TPSA) is 29.1 Å². The van der Waals surface area contributed by atoms with Gasteiger partial charge in [0, 0.05) is 17.3 Å². The molecule has 0 aliphatic heterocycles. The molecule has 0 heterocycles. The van der Waals surface area contributed by atoms with E-state index < -0.39 is 0 Å². The Labute approximate surface area is 101 Å². The molecule has 0 bridgehead atoms. The van der Waals surface area contributed by atoms with Crippen molar-refractivity contribution in [3.8, 4) is 0 Å². The van der Waals surface area contributed by atoms with Crippen LogP contribution in [-0.2, 0) is 4.79 Å². The second-order valence-corrected chi connectivity index (χ2v) is 5.83. The highest BCUT2D eigenvalue weighted by atomic mass is 79.9. The average Bonchev–Trinajstić information content (AvgIpc) is 2.63. The molecule has 15 heavy (non-hydrogen) atoms. The molecule has 0 radical (unpaired) electrons. The Bertz CT molecular complexity index is 204. The Morgan fingerprint density at radius 1 is 1.40 bits per heavy atom. The van der Waals surface area contributed by atoms with Gasteiger partial charge in [0.15, 0.2) is 0 Å². The van der Waals surface area contributed by atoms with Crippen molar-refractivity contribution in [3.05, 3.63) is 0 Å². The van der Waals surface area contributed by atoms with Crippen molar-refractivity contribution < 1.29 is 4.79 Å². The molecule has 1 amide bonds. The van der Waals surface area contributed by atoms with E-state index >= 15 is 0 Å². The highest BCUT2D eigenvalue weighted by Gasteiger charge is 2.23. The van der Waals surface area contributed by atoms with Crippen molar-refractivity contribution in [1.29, 1.82) is 0 Å². The van der Waals surface area contributed by atoms with Crippen LogP contribution < -0.4 is 5.32 Å². The summed E-state index contributed by atoms with van der Waals surface area (Å²) in [6.45, 7) is 5.03. The van der Waals surface area contributed by atoms with Gasteiger partial charge < -0.3 is 5.32 Å². The molecular formula is C12H22BrNO. The summed E-state index contributed by atoms with van der Waals surface area (Å²) in [5.41, 5.74) is 0. The SMILES string of the molecule is CCC(CC)C(=O)NCC1CCC(Br)C1. The first-order chi connectivity index (χ1) is 7.17. The average molecular weight is 276 g/mol. The molecule has 0 aromatic rings. The lowest BCUT2D eigenvalue weighted by Gasteiger charge is -2.15. The minimum Gasteiger partial charge on any atom is -0.356 e. The molecule has 1 aliphatic carbocycles. The van der Waals surface area contributed by atoms with Crippen molar-refractivity contribution in [2.24, 2.45) is 11.8 Å². The molecule has 1 rings (SSSR count). The van der Waals surface area contributed by atoms with Gasteiger partial charge in [-0.05, 0) is 38.0 Å². The Balaban J connectivity index is 2.21. The van der Waals surface area contributed by atoms with Crippen molar-refractivity contribution in [3.63, 3.8) is 0 Å². The second kappa shape index (κ2) is 6.51. The second-order valence-electron chi connectivity index (χ2n) is 4.53. The maximum atomic E-state index is 11.7. The molecule has 1 saturated carbocycles. The minimum atomic E-state index is 0.214. The Kier molecular flexibility index (Phi) is 5.65. The third-order valence-electron chi connectivity index (χ3n) is 3.40. The summed E-state index contributed by atoms with van der Waals surface area (Å²) in [6.07, 6.45) is 5.62.